The fourth-order valence-corrected chi connectivity index (χ4v) is 3.21. The largest absolute Gasteiger partial charge is 0.530 e. The monoisotopic (exact) mass is 345 g/mol. The van der Waals surface area contributed by atoms with E-state index in [4.69, 9.17) is 4.74 Å². The first-order chi connectivity index (χ1) is 12.1. The molecule has 0 bridgehead atoms. The quantitative estimate of drug-likeness (QED) is 0.511. The van der Waals surface area contributed by atoms with Gasteiger partial charge in [-0.2, -0.15) is 9.67 Å². The number of aromatic amines is 1. The maximum Gasteiger partial charge on any atom is 0.271 e. The van der Waals surface area contributed by atoms with E-state index in [1.165, 1.54) is 12.5 Å². The van der Waals surface area contributed by atoms with Gasteiger partial charge in [0.25, 0.3) is 6.29 Å². The van der Waals surface area contributed by atoms with E-state index in [2.05, 4.69) is 33.1 Å². The van der Waals surface area contributed by atoms with Crippen LogP contribution < -0.4 is 21.1 Å². The molecule has 3 aliphatic heterocycles. The number of nitrogens with one attached hydrogen (secondary N) is 4. The number of hydrogen-bond acceptors (Lipinski definition) is 7. The molecule has 0 aliphatic carbocycles. The Morgan fingerprint density at radius 2 is 2.40 bits per heavy atom. The zero-order valence-electron chi connectivity index (χ0n) is 13.5. The summed E-state index contributed by atoms with van der Waals surface area (Å²) in [4.78, 5) is 12.4. The standard InChI is InChI=1S/C15H19N7O3/c1-9-6-13(18-12-2-3-16-20-12)19-14(17-9)21-7-10-11(8-21)25-5-4-22(10)15(23)24/h2-5,7-10,13-14,17,19H,6H2,1H3,(H2-,16,18,20,23,24)/t9?,10-,13?,14?/m1/s1. The van der Waals surface area contributed by atoms with Crippen LogP contribution in [0.15, 0.2) is 36.7 Å². The Bertz CT molecular complexity index is 742. The number of ether oxygens (including phenoxy) is 1. The molecule has 3 unspecified atom stereocenters. The van der Waals surface area contributed by atoms with Gasteiger partial charge in [-0.3, -0.25) is 5.10 Å². The van der Waals surface area contributed by atoms with E-state index in [-0.39, 0.29) is 18.5 Å². The predicted molar refractivity (Wildman–Crippen MR) is 85.8 cm³/mol. The molecule has 4 N–H and O–H groups in total. The van der Waals surface area contributed by atoms with E-state index in [1.807, 2.05) is 10.6 Å². The first kappa shape index (κ1) is 15.7. The molecule has 1 fully saturated rings. The Balaban J connectivity index is 1.50. The molecule has 0 spiro atoms. The molecule has 3 aliphatic rings. The Hall–Kier alpha value is -2.85. The second kappa shape index (κ2) is 6.22. The first-order valence-electron chi connectivity index (χ1n) is 8.05. The van der Waals surface area contributed by atoms with Gasteiger partial charge >= 0.3 is 0 Å². The maximum atomic E-state index is 11.3. The van der Waals surface area contributed by atoms with Crippen molar-refractivity contribution in [3.05, 3.63) is 36.7 Å². The zero-order valence-corrected chi connectivity index (χ0v) is 13.5. The molecule has 10 nitrogen and oxygen atoms in total. The lowest BCUT2D eigenvalue weighted by molar-refractivity contribution is -0.514. The molecule has 1 aromatic heterocycles. The van der Waals surface area contributed by atoms with Gasteiger partial charge in [0.15, 0.2) is 18.0 Å². The fraction of sp³-hybridized carbons (Fsp3) is 0.400. The van der Waals surface area contributed by atoms with Crippen molar-refractivity contribution in [1.29, 1.82) is 0 Å². The molecule has 25 heavy (non-hydrogen) atoms. The number of amides is 1. The topological polar surface area (TPSA) is 120 Å². The van der Waals surface area contributed by atoms with Crippen LogP contribution in [0.4, 0.5) is 10.6 Å². The Labute approximate surface area is 143 Å². The number of carbonyl (C=O) groups excluding carboxylic acids is 1. The maximum absolute atomic E-state index is 11.3. The van der Waals surface area contributed by atoms with Crippen LogP contribution >= 0.6 is 0 Å². The van der Waals surface area contributed by atoms with E-state index in [0.717, 1.165) is 17.1 Å². The zero-order chi connectivity index (χ0) is 17.4. The summed E-state index contributed by atoms with van der Waals surface area (Å²) >= 11 is 0. The fourth-order valence-electron chi connectivity index (χ4n) is 3.21. The van der Waals surface area contributed by atoms with Crippen LogP contribution in [0.2, 0.25) is 0 Å². The minimum atomic E-state index is -1.27. The summed E-state index contributed by atoms with van der Waals surface area (Å²) < 4.78 is 7.31. The average Bonchev–Trinajstić information content (AvgIpc) is 3.22. The van der Waals surface area contributed by atoms with Crippen molar-refractivity contribution in [2.45, 2.75) is 37.9 Å². The number of carbonyl (C=O) groups is 1. The number of hydrogen-bond donors (Lipinski definition) is 4. The summed E-state index contributed by atoms with van der Waals surface area (Å²) in [5, 5.41) is 28.3. The normalized spacial score (nSPS) is 31.0. The van der Waals surface area contributed by atoms with Gasteiger partial charge in [-0.05, 0) is 19.4 Å². The Morgan fingerprint density at radius 3 is 3.16 bits per heavy atom. The van der Waals surface area contributed by atoms with E-state index in [0.29, 0.717) is 5.76 Å². The van der Waals surface area contributed by atoms with Gasteiger partial charge in [0.05, 0.1) is 12.4 Å². The molecule has 0 aromatic carbocycles. The number of H-pyrrole nitrogens is 1. The van der Waals surface area contributed by atoms with Crippen LogP contribution in [0.25, 0.3) is 0 Å². The summed E-state index contributed by atoms with van der Waals surface area (Å²) in [7, 11) is 0. The minimum absolute atomic E-state index is 0.0208. The summed E-state index contributed by atoms with van der Waals surface area (Å²) in [6, 6.07) is 1.59. The van der Waals surface area contributed by atoms with Crippen LogP contribution in [0.3, 0.4) is 0 Å². The number of aromatic nitrogens is 2. The van der Waals surface area contributed by atoms with Crippen molar-refractivity contribution in [3.63, 3.8) is 0 Å². The van der Waals surface area contributed by atoms with Crippen molar-refractivity contribution >= 4 is 18.1 Å². The highest BCUT2D eigenvalue weighted by Crippen LogP contribution is 2.22. The van der Waals surface area contributed by atoms with Crippen LogP contribution in [0, 0.1) is 0 Å². The van der Waals surface area contributed by atoms with Gasteiger partial charge in [0.1, 0.15) is 18.2 Å². The lowest BCUT2D eigenvalue weighted by Gasteiger charge is -2.33. The van der Waals surface area contributed by atoms with E-state index < -0.39 is 12.1 Å². The first-order valence-corrected chi connectivity index (χ1v) is 8.05. The predicted octanol–water partition coefficient (Wildman–Crippen LogP) is -1.14. The van der Waals surface area contributed by atoms with E-state index >= 15 is 0 Å². The molecule has 1 amide bonds. The number of carboxylic acid groups (broad SMARTS) is 1. The average molecular weight is 345 g/mol. The van der Waals surface area contributed by atoms with Gasteiger partial charge in [0, 0.05) is 12.2 Å². The summed E-state index contributed by atoms with van der Waals surface area (Å²) in [5.74, 6) is 1.37. The lowest BCUT2D eigenvalue weighted by atomic mass is 10.1. The lowest BCUT2D eigenvalue weighted by Crippen LogP contribution is -2.63. The molecular weight excluding hydrogens is 326 g/mol. The highest BCUT2D eigenvalue weighted by atomic mass is 16.5. The molecule has 4 heterocycles. The molecule has 1 saturated heterocycles. The van der Waals surface area contributed by atoms with Crippen molar-refractivity contribution < 1.29 is 19.2 Å². The minimum Gasteiger partial charge on any atom is -0.530 e. The van der Waals surface area contributed by atoms with Crippen molar-refractivity contribution in [2.75, 3.05) is 5.32 Å². The molecule has 4 rings (SSSR count). The molecule has 10 heteroatoms. The van der Waals surface area contributed by atoms with Crippen molar-refractivity contribution in [2.24, 2.45) is 0 Å². The summed E-state index contributed by atoms with van der Waals surface area (Å²) in [6.45, 7) is 2.09. The SMILES string of the molecule is CC1CC(Nc2ccn[nH]2)NC([N+]2=C[C@@H]3C(=C2)OC=CN3C(=O)[O-])N1. The van der Waals surface area contributed by atoms with Crippen LogP contribution in [0.1, 0.15) is 13.3 Å². The van der Waals surface area contributed by atoms with Gasteiger partial charge in [0.2, 0.25) is 6.20 Å². The highest BCUT2D eigenvalue weighted by molar-refractivity contribution is 5.76. The number of anilines is 1. The highest BCUT2D eigenvalue weighted by Gasteiger charge is 2.39. The number of fused-ring (bicyclic) bond motifs is 1. The van der Waals surface area contributed by atoms with Gasteiger partial charge in [-0.1, -0.05) is 0 Å². The molecule has 0 radical (unpaired) electrons. The molecular formula is C15H19N7O3. The van der Waals surface area contributed by atoms with E-state index in [9.17, 15) is 9.90 Å². The third-order valence-corrected chi connectivity index (χ3v) is 4.34. The summed E-state index contributed by atoms with van der Waals surface area (Å²) in [6.07, 6.45) is 7.34. The van der Waals surface area contributed by atoms with Gasteiger partial charge in [-0.15, -0.1) is 0 Å². The Kier molecular flexibility index (Phi) is 3.90. The number of nitrogens with zero attached hydrogens (tertiary/aromatic N) is 3. The smallest absolute Gasteiger partial charge is 0.271 e. The molecule has 132 valence electrons. The van der Waals surface area contributed by atoms with Crippen molar-refractivity contribution in [1.82, 2.24) is 25.7 Å². The van der Waals surface area contributed by atoms with Crippen LogP contribution in [-0.4, -0.2) is 56.5 Å². The second-order valence-electron chi connectivity index (χ2n) is 6.19. The summed E-state index contributed by atoms with van der Waals surface area (Å²) in [5.41, 5.74) is 0. The third-order valence-electron chi connectivity index (χ3n) is 4.34. The van der Waals surface area contributed by atoms with Crippen LogP contribution in [0.5, 0.6) is 0 Å². The van der Waals surface area contributed by atoms with Gasteiger partial charge < -0.3 is 24.9 Å². The molecule has 1 aromatic rings. The van der Waals surface area contributed by atoms with Crippen LogP contribution in [-0.2, 0) is 4.74 Å². The van der Waals surface area contributed by atoms with Crippen molar-refractivity contribution in [3.8, 4) is 0 Å². The van der Waals surface area contributed by atoms with E-state index in [1.54, 1.807) is 18.6 Å². The Morgan fingerprint density at radius 1 is 1.52 bits per heavy atom. The molecule has 0 saturated carbocycles. The second-order valence-corrected chi connectivity index (χ2v) is 6.19. The van der Waals surface area contributed by atoms with Gasteiger partial charge in [-0.25, -0.2) is 10.6 Å². The molecule has 4 atom stereocenters. The number of rotatable bonds is 3. The third kappa shape index (κ3) is 3.08.